The molecule has 0 bridgehead atoms. The van der Waals surface area contributed by atoms with Crippen molar-refractivity contribution in [2.24, 2.45) is 17.9 Å². The average Bonchev–Trinajstić information content (AvgIpc) is 2.69. The van der Waals surface area contributed by atoms with E-state index in [-0.39, 0.29) is 12.4 Å². The lowest BCUT2D eigenvalue weighted by molar-refractivity contribution is 0.305. The number of nitrogens with two attached hydrogens (primary N) is 1. The Balaban J connectivity index is 2.16. The molecule has 6 nitrogen and oxygen atoms in total. The lowest BCUT2D eigenvalue weighted by atomic mass is 10.2. The van der Waals surface area contributed by atoms with E-state index < -0.39 is 0 Å². The molecule has 0 aliphatic carbocycles. The second-order valence-corrected chi connectivity index (χ2v) is 5.16. The first-order chi connectivity index (χ1) is 9.93. The summed E-state index contributed by atoms with van der Waals surface area (Å²) in [5.74, 6) is 0.492. The summed E-state index contributed by atoms with van der Waals surface area (Å²) in [6, 6.07) is 4.89. The van der Waals surface area contributed by atoms with Crippen LogP contribution in [0.4, 0.5) is 0 Å². The van der Waals surface area contributed by atoms with Crippen molar-refractivity contribution in [3.8, 4) is 5.75 Å². The molecule has 1 aromatic heterocycles. The summed E-state index contributed by atoms with van der Waals surface area (Å²) in [7, 11) is 1.77. The van der Waals surface area contributed by atoms with E-state index in [0.717, 1.165) is 11.3 Å². The van der Waals surface area contributed by atoms with Gasteiger partial charge in [0.05, 0.1) is 10.7 Å². The Morgan fingerprint density at radius 1 is 1.48 bits per heavy atom. The Bertz CT molecular complexity index is 698. The monoisotopic (exact) mass is 328 g/mol. The molecule has 0 fully saturated rings. The number of oxime groups is 1. The molecule has 0 saturated carbocycles. The van der Waals surface area contributed by atoms with Gasteiger partial charge in [-0.2, -0.15) is 5.10 Å². The van der Waals surface area contributed by atoms with Crippen LogP contribution in [0.3, 0.4) is 0 Å². The predicted molar refractivity (Wildman–Crippen MR) is 81.2 cm³/mol. The van der Waals surface area contributed by atoms with Crippen LogP contribution < -0.4 is 10.5 Å². The van der Waals surface area contributed by atoms with Crippen LogP contribution in [0, 0.1) is 6.92 Å². The van der Waals surface area contributed by atoms with Gasteiger partial charge < -0.3 is 15.7 Å². The standard InChI is InChI=1S/C13H14Cl2N4O2/c1-7-10(12(15)19(2)17-7)6-21-8-3-4-9(11(14)5-8)13(16)18-20/h3-5,20H,6H2,1-2H3,(H2,16,18). The first-order valence-corrected chi connectivity index (χ1v) is 6.77. The number of amidine groups is 1. The number of nitrogens with zero attached hydrogens (tertiary/aromatic N) is 3. The number of hydrogen-bond donors (Lipinski definition) is 2. The molecule has 2 aromatic rings. The van der Waals surface area contributed by atoms with E-state index in [1.165, 1.54) is 0 Å². The average molecular weight is 329 g/mol. The zero-order chi connectivity index (χ0) is 15.6. The van der Waals surface area contributed by atoms with Crippen molar-refractivity contribution >= 4 is 29.0 Å². The molecule has 0 spiro atoms. The van der Waals surface area contributed by atoms with Gasteiger partial charge in [-0.25, -0.2) is 0 Å². The summed E-state index contributed by atoms with van der Waals surface area (Å²) in [4.78, 5) is 0. The highest BCUT2D eigenvalue weighted by atomic mass is 35.5. The molecule has 0 atom stereocenters. The SMILES string of the molecule is Cc1nn(C)c(Cl)c1COc1ccc(/C(N)=N/O)c(Cl)c1. The quantitative estimate of drug-likeness (QED) is 0.391. The third-order valence-electron chi connectivity index (χ3n) is 2.98. The minimum atomic E-state index is -0.0577. The summed E-state index contributed by atoms with van der Waals surface area (Å²) in [5, 5.41) is 16.6. The maximum atomic E-state index is 8.65. The molecule has 3 N–H and O–H groups in total. The van der Waals surface area contributed by atoms with Crippen molar-refractivity contribution in [3.63, 3.8) is 0 Å². The van der Waals surface area contributed by atoms with Gasteiger partial charge in [0, 0.05) is 18.2 Å². The van der Waals surface area contributed by atoms with Crippen molar-refractivity contribution in [3.05, 3.63) is 45.2 Å². The van der Waals surface area contributed by atoms with E-state index in [2.05, 4.69) is 10.3 Å². The molecule has 0 radical (unpaired) electrons. The number of aromatic nitrogens is 2. The molecule has 0 amide bonds. The molecule has 8 heteroatoms. The Morgan fingerprint density at radius 2 is 2.19 bits per heavy atom. The third-order valence-corrected chi connectivity index (χ3v) is 3.76. The van der Waals surface area contributed by atoms with Gasteiger partial charge >= 0.3 is 0 Å². The second-order valence-electron chi connectivity index (χ2n) is 4.39. The Kier molecular flexibility index (Phi) is 4.59. The Morgan fingerprint density at radius 3 is 2.71 bits per heavy atom. The zero-order valence-electron chi connectivity index (χ0n) is 11.5. The van der Waals surface area contributed by atoms with Crippen LogP contribution in [0.2, 0.25) is 10.2 Å². The first kappa shape index (κ1) is 15.5. The number of rotatable bonds is 4. The first-order valence-electron chi connectivity index (χ1n) is 6.02. The summed E-state index contributed by atoms with van der Waals surface area (Å²) >= 11 is 12.2. The smallest absolute Gasteiger partial charge is 0.171 e. The lowest BCUT2D eigenvalue weighted by Crippen LogP contribution is -2.13. The van der Waals surface area contributed by atoms with E-state index in [1.54, 1.807) is 29.9 Å². The molecule has 0 saturated heterocycles. The molecule has 0 unspecified atom stereocenters. The highest BCUT2D eigenvalue weighted by molar-refractivity contribution is 6.34. The molecule has 112 valence electrons. The summed E-state index contributed by atoms with van der Waals surface area (Å²) in [6.07, 6.45) is 0. The van der Waals surface area contributed by atoms with Gasteiger partial charge in [0.2, 0.25) is 0 Å². The Hall–Kier alpha value is -1.92. The van der Waals surface area contributed by atoms with Crippen molar-refractivity contribution in [1.82, 2.24) is 9.78 Å². The van der Waals surface area contributed by atoms with Crippen LogP contribution in [-0.4, -0.2) is 20.8 Å². The maximum absolute atomic E-state index is 8.65. The third kappa shape index (κ3) is 3.22. The topological polar surface area (TPSA) is 85.7 Å². The van der Waals surface area contributed by atoms with Gasteiger partial charge in [-0.1, -0.05) is 28.4 Å². The minimum absolute atomic E-state index is 0.0577. The molecule has 21 heavy (non-hydrogen) atoms. The fourth-order valence-electron chi connectivity index (χ4n) is 1.84. The van der Waals surface area contributed by atoms with Gasteiger partial charge in [0.25, 0.3) is 0 Å². The van der Waals surface area contributed by atoms with Crippen LogP contribution in [-0.2, 0) is 13.7 Å². The molecule has 1 aromatic carbocycles. The lowest BCUT2D eigenvalue weighted by Gasteiger charge is -2.08. The Labute approximate surface area is 131 Å². The fraction of sp³-hybridized carbons (Fsp3) is 0.231. The van der Waals surface area contributed by atoms with Crippen molar-refractivity contribution < 1.29 is 9.94 Å². The summed E-state index contributed by atoms with van der Waals surface area (Å²) in [6.45, 7) is 2.14. The maximum Gasteiger partial charge on any atom is 0.171 e. The van der Waals surface area contributed by atoms with E-state index >= 15 is 0 Å². The highest BCUT2D eigenvalue weighted by Crippen LogP contribution is 2.25. The van der Waals surface area contributed by atoms with Gasteiger partial charge in [0.1, 0.15) is 17.5 Å². The van der Waals surface area contributed by atoms with Crippen LogP contribution >= 0.6 is 23.2 Å². The number of hydrogen-bond acceptors (Lipinski definition) is 4. The number of aryl methyl sites for hydroxylation is 2. The van der Waals surface area contributed by atoms with Crippen molar-refractivity contribution in [2.75, 3.05) is 0 Å². The number of benzene rings is 1. The van der Waals surface area contributed by atoms with Crippen LogP contribution in [0.15, 0.2) is 23.4 Å². The van der Waals surface area contributed by atoms with Gasteiger partial charge in [0.15, 0.2) is 5.84 Å². The molecule has 0 aliphatic heterocycles. The van der Waals surface area contributed by atoms with Crippen molar-refractivity contribution in [2.45, 2.75) is 13.5 Å². The van der Waals surface area contributed by atoms with Gasteiger partial charge in [-0.3, -0.25) is 4.68 Å². The largest absolute Gasteiger partial charge is 0.489 e. The normalized spacial score (nSPS) is 11.7. The van der Waals surface area contributed by atoms with E-state index in [4.69, 9.17) is 38.9 Å². The predicted octanol–water partition coefficient (Wildman–Crippen LogP) is 2.71. The molecular formula is C13H14Cl2N4O2. The van der Waals surface area contributed by atoms with Crippen LogP contribution in [0.25, 0.3) is 0 Å². The van der Waals surface area contributed by atoms with Crippen LogP contribution in [0.5, 0.6) is 5.75 Å². The fourth-order valence-corrected chi connectivity index (χ4v) is 2.34. The second kappa shape index (κ2) is 6.24. The molecule has 2 rings (SSSR count). The molecule has 0 aliphatic rings. The summed E-state index contributed by atoms with van der Waals surface area (Å²) in [5.41, 5.74) is 7.55. The van der Waals surface area contributed by atoms with Crippen LogP contribution in [0.1, 0.15) is 16.8 Å². The van der Waals surface area contributed by atoms with E-state index in [1.807, 2.05) is 6.92 Å². The number of halogens is 2. The van der Waals surface area contributed by atoms with E-state index in [9.17, 15) is 0 Å². The molecule has 1 heterocycles. The minimum Gasteiger partial charge on any atom is -0.489 e. The summed E-state index contributed by atoms with van der Waals surface area (Å²) < 4.78 is 7.24. The van der Waals surface area contributed by atoms with E-state index in [0.29, 0.717) is 21.5 Å². The van der Waals surface area contributed by atoms with Gasteiger partial charge in [-0.15, -0.1) is 0 Å². The molecular weight excluding hydrogens is 315 g/mol. The zero-order valence-corrected chi connectivity index (χ0v) is 13.0. The highest BCUT2D eigenvalue weighted by Gasteiger charge is 2.12. The van der Waals surface area contributed by atoms with Gasteiger partial charge in [-0.05, 0) is 25.1 Å². The van der Waals surface area contributed by atoms with Crippen molar-refractivity contribution in [1.29, 1.82) is 0 Å². The number of ether oxygens (including phenoxy) is 1.